The lowest BCUT2D eigenvalue weighted by atomic mass is 10.1. The predicted octanol–water partition coefficient (Wildman–Crippen LogP) is 3.78. The first-order chi connectivity index (χ1) is 18.4. The molecule has 2 fully saturated rings. The van der Waals surface area contributed by atoms with E-state index in [1.807, 2.05) is 38.1 Å². The predicted molar refractivity (Wildman–Crippen MR) is 159 cm³/mol. The molecule has 0 atom stereocenters. The molecule has 204 valence electrons. The topological polar surface area (TPSA) is 79.6 Å². The molecule has 0 unspecified atom stereocenters. The minimum atomic E-state index is -0.205. The van der Waals surface area contributed by atoms with E-state index >= 15 is 0 Å². The molecule has 39 heavy (non-hydrogen) atoms. The largest absolute Gasteiger partial charge is 0.454 e. The van der Waals surface area contributed by atoms with Gasteiger partial charge in [0.15, 0.2) is 11.5 Å². The standard InChI is InChI=1S/C27H27N5O4S2.ClH/c1-17(2)32-26(34)22(38-27(32)37)14-19-24(28-23-5-3-4-8-31(23)25(19)33)30-11-9-29(10-12-30)15-18-6-7-20-21(13-18)36-16-35-20;/h3-8,13-14,17H,9-12,15-16H2,1-2H3;1H/b22-14-;. The van der Waals surface area contributed by atoms with Crippen molar-refractivity contribution in [3.8, 4) is 11.5 Å². The summed E-state index contributed by atoms with van der Waals surface area (Å²) in [7, 11) is 0. The van der Waals surface area contributed by atoms with E-state index in [1.54, 1.807) is 23.2 Å². The zero-order valence-electron chi connectivity index (χ0n) is 21.5. The number of piperazine rings is 1. The maximum absolute atomic E-state index is 13.6. The Labute approximate surface area is 241 Å². The Hall–Kier alpha value is -3.12. The SMILES string of the molecule is CC(C)N1C(=O)/C(=C/c2c(N3CCN(Cc4ccc5c(c4)OCO5)CC3)nc3ccccn3c2=O)SC1=S.Cl. The second-order valence-electron chi connectivity index (χ2n) is 9.68. The number of nitrogens with zero attached hydrogens (tertiary/aromatic N) is 5. The fourth-order valence-corrected chi connectivity index (χ4v) is 6.44. The van der Waals surface area contributed by atoms with Gasteiger partial charge >= 0.3 is 0 Å². The van der Waals surface area contributed by atoms with Crippen LogP contribution in [0.3, 0.4) is 0 Å². The zero-order valence-corrected chi connectivity index (χ0v) is 24.0. The number of halogens is 1. The van der Waals surface area contributed by atoms with Crippen LogP contribution in [0.1, 0.15) is 25.0 Å². The number of ether oxygens (including phenoxy) is 2. The molecule has 6 rings (SSSR count). The number of hydrogen-bond donors (Lipinski definition) is 0. The molecule has 5 heterocycles. The van der Waals surface area contributed by atoms with E-state index in [-0.39, 0.29) is 36.7 Å². The average molecular weight is 586 g/mol. The Morgan fingerprint density at radius 2 is 1.85 bits per heavy atom. The fraction of sp³-hybridized carbons (Fsp3) is 0.333. The molecule has 2 aromatic heterocycles. The second kappa shape index (κ2) is 11.2. The molecule has 3 aromatic rings. The van der Waals surface area contributed by atoms with Gasteiger partial charge in [-0.1, -0.05) is 36.1 Å². The fourth-order valence-electron chi connectivity index (χ4n) is 4.93. The van der Waals surface area contributed by atoms with Crippen LogP contribution >= 0.6 is 36.4 Å². The molecule has 3 aliphatic heterocycles. The minimum absolute atomic E-state index is 0. The summed E-state index contributed by atoms with van der Waals surface area (Å²) in [6, 6.07) is 11.5. The van der Waals surface area contributed by atoms with Crippen molar-refractivity contribution in [1.29, 1.82) is 0 Å². The van der Waals surface area contributed by atoms with Crippen molar-refractivity contribution in [1.82, 2.24) is 19.2 Å². The summed E-state index contributed by atoms with van der Waals surface area (Å²) in [6.07, 6.45) is 3.37. The Morgan fingerprint density at radius 3 is 2.59 bits per heavy atom. The Balaban J connectivity index is 0.00000308. The van der Waals surface area contributed by atoms with Gasteiger partial charge in [-0.3, -0.25) is 23.8 Å². The Kier molecular flexibility index (Phi) is 7.86. The third kappa shape index (κ3) is 5.23. The van der Waals surface area contributed by atoms with Crippen molar-refractivity contribution < 1.29 is 14.3 Å². The molecule has 9 nitrogen and oxygen atoms in total. The van der Waals surface area contributed by atoms with Crippen LogP contribution in [0, 0.1) is 0 Å². The summed E-state index contributed by atoms with van der Waals surface area (Å²) in [5, 5.41) is 0. The van der Waals surface area contributed by atoms with Crippen molar-refractivity contribution >= 4 is 64.2 Å². The van der Waals surface area contributed by atoms with E-state index in [0.29, 0.717) is 39.3 Å². The zero-order chi connectivity index (χ0) is 26.4. The van der Waals surface area contributed by atoms with E-state index in [1.165, 1.54) is 16.2 Å². The molecule has 0 bridgehead atoms. The van der Waals surface area contributed by atoms with Gasteiger partial charge in [0, 0.05) is 45.0 Å². The lowest BCUT2D eigenvalue weighted by molar-refractivity contribution is -0.123. The number of hydrogen-bond acceptors (Lipinski definition) is 9. The van der Waals surface area contributed by atoms with Crippen LogP contribution in [0.4, 0.5) is 5.82 Å². The van der Waals surface area contributed by atoms with E-state index in [2.05, 4.69) is 15.9 Å². The van der Waals surface area contributed by atoms with Gasteiger partial charge in [-0.2, -0.15) is 0 Å². The van der Waals surface area contributed by atoms with Crippen molar-refractivity contribution in [3.63, 3.8) is 0 Å². The number of thioether (sulfide) groups is 1. The highest BCUT2D eigenvalue weighted by Crippen LogP contribution is 2.35. The summed E-state index contributed by atoms with van der Waals surface area (Å²) >= 11 is 6.68. The van der Waals surface area contributed by atoms with Gasteiger partial charge in [0.1, 0.15) is 15.8 Å². The molecular formula is C27H28ClN5O4S2. The molecule has 1 amide bonds. The van der Waals surface area contributed by atoms with Gasteiger partial charge in [0.25, 0.3) is 11.5 Å². The number of thiocarbonyl (C=S) groups is 1. The summed E-state index contributed by atoms with van der Waals surface area (Å²) < 4.78 is 13.0. The molecule has 12 heteroatoms. The highest BCUT2D eigenvalue weighted by Gasteiger charge is 2.34. The summed E-state index contributed by atoms with van der Waals surface area (Å²) in [6.45, 7) is 7.92. The van der Waals surface area contributed by atoms with Gasteiger partial charge in [-0.05, 0) is 49.8 Å². The van der Waals surface area contributed by atoms with Gasteiger partial charge in [-0.25, -0.2) is 4.98 Å². The first kappa shape index (κ1) is 27.4. The number of aromatic nitrogens is 2. The lowest BCUT2D eigenvalue weighted by Gasteiger charge is -2.36. The van der Waals surface area contributed by atoms with Crippen LogP contribution in [0.2, 0.25) is 0 Å². The quantitative estimate of drug-likeness (QED) is 0.328. The molecule has 0 spiro atoms. The molecule has 0 radical (unpaired) electrons. The molecule has 1 aromatic carbocycles. The molecule has 0 saturated carbocycles. The van der Waals surface area contributed by atoms with Crippen molar-refractivity contribution in [2.24, 2.45) is 0 Å². The molecule has 2 saturated heterocycles. The highest BCUT2D eigenvalue weighted by molar-refractivity contribution is 8.26. The van der Waals surface area contributed by atoms with Gasteiger partial charge in [0.05, 0.1) is 10.5 Å². The third-order valence-electron chi connectivity index (χ3n) is 6.88. The van der Waals surface area contributed by atoms with E-state index in [4.69, 9.17) is 26.7 Å². The average Bonchev–Trinajstić information content (AvgIpc) is 3.49. The first-order valence-electron chi connectivity index (χ1n) is 12.5. The van der Waals surface area contributed by atoms with E-state index in [9.17, 15) is 9.59 Å². The monoisotopic (exact) mass is 585 g/mol. The number of carbonyl (C=O) groups excluding carboxylic acids is 1. The van der Waals surface area contributed by atoms with E-state index in [0.717, 1.165) is 36.7 Å². The summed E-state index contributed by atoms with van der Waals surface area (Å²) in [5.74, 6) is 1.99. The number of benzene rings is 1. The first-order valence-corrected chi connectivity index (χ1v) is 13.8. The van der Waals surface area contributed by atoms with Crippen LogP contribution in [0.5, 0.6) is 11.5 Å². The summed E-state index contributed by atoms with van der Waals surface area (Å²) in [5.41, 5.74) is 1.94. The highest BCUT2D eigenvalue weighted by atomic mass is 35.5. The Morgan fingerprint density at radius 1 is 1.08 bits per heavy atom. The number of pyridine rings is 1. The number of amides is 1. The van der Waals surface area contributed by atoms with Gasteiger partial charge < -0.3 is 14.4 Å². The van der Waals surface area contributed by atoms with Crippen molar-refractivity contribution in [3.05, 3.63) is 69.0 Å². The van der Waals surface area contributed by atoms with Gasteiger partial charge in [0.2, 0.25) is 6.79 Å². The van der Waals surface area contributed by atoms with Crippen LogP contribution in [0.15, 0.2) is 52.3 Å². The molecule has 3 aliphatic rings. The van der Waals surface area contributed by atoms with Gasteiger partial charge in [-0.15, -0.1) is 12.4 Å². The lowest BCUT2D eigenvalue weighted by Crippen LogP contribution is -2.47. The van der Waals surface area contributed by atoms with Crippen molar-refractivity contribution in [2.45, 2.75) is 26.4 Å². The molecule has 0 aliphatic carbocycles. The molecule has 0 N–H and O–H groups in total. The van der Waals surface area contributed by atoms with Crippen LogP contribution in [-0.4, -0.2) is 68.4 Å². The third-order valence-corrected chi connectivity index (χ3v) is 8.21. The Bertz CT molecular complexity index is 1530. The number of carbonyl (C=O) groups is 1. The summed E-state index contributed by atoms with van der Waals surface area (Å²) in [4.78, 5) is 38.1. The second-order valence-corrected chi connectivity index (χ2v) is 11.4. The smallest absolute Gasteiger partial charge is 0.267 e. The van der Waals surface area contributed by atoms with Crippen molar-refractivity contribution in [2.75, 3.05) is 37.9 Å². The maximum Gasteiger partial charge on any atom is 0.267 e. The van der Waals surface area contributed by atoms with E-state index < -0.39 is 0 Å². The maximum atomic E-state index is 13.6. The minimum Gasteiger partial charge on any atom is -0.454 e. The number of anilines is 1. The van der Waals surface area contributed by atoms with Crippen LogP contribution in [-0.2, 0) is 11.3 Å². The normalized spacial score (nSPS) is 18.5. The number of rotatable bonds is 5. The molecular weight excluding hydrogens is 558 g/mol. The van der Waals surface area contributed by atoms with Crippen LogP contribution in [0.25, 0.3) is 11.7 Å². The van der Waals surface area contributed by atoms with Crippen LogP contribution < -0.4 is 19.9 Å². The number of fused-ring (bicyclic) bond motifs is 2.